The lowest BCUT2D eigenvalue weighted by Crippen LogP contribution is -2.20. The number of halogens is 1. The quantitative estimate of drug-likeness (QED) is 0.908. The summed E-state index contributed by atoms with van der Waals surface area (Å²) in [6.07, 6.45) is 0.229. The fourth-order valence-corrected chi connectivity index (χ4v) is 2.11. The number of aromatic nitrogens is 2. The van der Waals surface area contributed by atoms with Gasteiger partial charge in [-0.15, -0.1) is 0 Å². The van der Waals surface area contributed by atoms with Crippen LogP contribution in [0.1, 0.15) is 11.3 Å². The summed E-state index contributed by atoms with van der Waals surface area (Å²) in [6.45, 7) is 1.73. The SMILES string of the molecule is Cc1cc(NC(=O)Cc2cccc(Br)c2)nc(=O)[nH]1. The second kappa shape index (κ2) is 5.79. The van der Waals surface area contributed by atoms with Gasteiger partial charge in [-0.3, -0.25) is 4.79 Å². The normalized spacial score (nSPS) is 10.2. The number of H-pyrrole nitrogens is 1. The van der Waals surface area contributed by atoms with Crippen molar-refractivity contribution in [3.05, 3.63) is 56.5 Å². The first-order valence-corrected chi connectivity index (χ1v) is 6.44. The van der Waals surface area contributed by atoms with E-state index in [-0.39, 0.29) is 18.1 Å². The Morgan fingerprint density at radius 1 is 1.42 bits per heavy atom. The van der Waals surface area contributed by atoms with E-state index in [0.717, 1.165) is 10.0 Å². The van der Waals surface area contributed by atoms with Crippen LogP contribution in [0.5, 0.6) is 0 Å². The van der Waals surface area contributed by atoms with Gasteiger partial charge in [0.05, 0.1) is 6.42 Å². The fraction of sp³-hybridized carbons (Fsp3) is 0.154. The number of benzene rings is 1. The topological polar surface area (TPSA) is 74.8 Å². The Kier molecular flexibility index (Phi) is 4.11. The largest absolute Gasteiger partial charge is 0.347 e. The van der Waals surface area contributed by atoms with E-state index in [1.807, 2.05) is 24.3 Å². The number of carbonyl (C=O) groups is 1. The van der Waals surface area contributed by atoms with Gasteiger partial charge in [0.25, 0.3) is 0 Å². The lowest BCUT2D eigenvalue weighted by atomic mass is 10.1. The summed E-state index contributed by atoms with van der Waals surface area (Å²) < 4.78 is 0.919. The number of carbonyl (C=O) groups excluding carboxylic acids is 1. The zero-order chi connectivity index (χ0) is 13.8. The monoisotopic (exact) mass is 321 g/mol. The molecule has 19 heavy (non-hydrogen) atoms. The van der Waals surface area contributed by atoms with E-state index in [1.165, 1.54) is 0 Å². The van der Waals surface area contributed by atoms with E-state index < -0.39 is 5.69 Å². The van der Waals surface area contributed by atoms with Crippen LogP contribution >= 0.6 is 15.9 Å². The van der Waals surface area contributed by atoms with Crippen LogP contribution in [0, 0.1) is 6.92 Å². The van der Waals surface area contributed by atoms with Gasteiger partial charge in [-0.25, -0.2) is 4.79 Å². The highest BCUT2D eigenvalue weighted by Gasteiger charge is 2.06. The zero-order valence-electron chi connectivity index (χ0n) is 10.2. The molecule has 0 bridgehead atoms. The highest BCUT2D eigenvalue weighted by atomic mass is 79.9. The summed E-state index contributed by atoms with van der Waals surface area (Å²) in [5.74, 6) is 0.0526. The average Bonchev–Trinajstić information content (AvgIpc) is 2.26. The van der Waals surface area contributed by atoms with Crippen LogP contribution in [0.25, 0.3) is 0 Å². The summed E-state index contributed by atoms with van der Waals surface area (Å²) in [4.78, 5) is 29.2. The molecule has 2 rings (SSSR count). The van der Waals surface area contributed by atoms with Crippen molar-refractivity contribution in [3.8, 4) is 0 Å². The molecule has 0 atom stereocenters. The molecule has 98 valence electrons. The van der Waals surface area contributed by atoms with Crippen molar-refractivity contribution in [2.75, 3.05) is 5.32 Å². The second-order valence-corrected chi connectivity index (χ2v) is 5.03. The minimum absolute atomic E-state index is 0.212. The molecular weight excluding hydrogens is 310 g/mol. The molecule has 2 N–H and O–H groups in total. The molecule has 0 saturated carbocycles. The van der Waals surface area contributed by atoms with Gasteiger partial charge in [-0.1, -0.05) is 28.1 Å². The first kappa shape index (κ1) is 13.5. The van der Waals surface area contributed by atoms with Crippen molar-refractivity contribution in [1.82, 2.24) is 9.97 Å². The Labute approximate surface area is 118 Å². The number of aryl methyl sites for hydroxylation is 1. The molecule has 0 radical (unpaired) electrons. The first-order chi connectivity index (χ1) is 9.02. The second-order valence-electron chi connectivity index (χ2n) is 4.11. The van der Waals surface area contributed by atoms with Gasteiger partial charge in [0.15, 0.2) is 0 Å². The molecule has 1 aromatic carbocycles. The summed E-state index contributed by atoms with van der Waals surface area (Å²) in [6, 6.07) is 9.10. The highest BCUT2D eigenvalue weighted by molar-refractivity contribution is 9.10. The summed E-state index contributed by atoms with van der Waals surface area (Å²) >= 11 is 3.35. The lowest BCUT2D eigenvalue weighted by molar-refractivity contribution is -0.115. The molecule has 0 aliphatic heterocycles. The molecule has 6 heteroatoms. The Morgan fingerprint density at radius 2 is 2.21 bits per heavy atom. The number of anilines is 1. The Bertz CT molecular complexity index is 667. The number of hydrogen-bond acceptors (Lipinski definition) is 3. The minimum Gasteiger partial charge on any atom is -0.310 e. The van der Waals surface area contributed by atoms with Gasteiger partial charge >= 0.3 is 5.69 Å². The third-order valence-electron chi connectivity index (χ3n) is 2.40. The minimum atomic E-state index is -0.474. The third kappa shape index (κ3) is 4.03. The molecule has 0 aliphatic carbocycles. The molecule has 0 aliphatic rings. The lowest BCUT2D eigenvalue weighted by Gasteiger charge is -2.05. The van der Waals surface area contributed by atoms with E-state index in [4.69, 9.17) is 0 Å². The summed E-state index contributed by atoms with van der Waals surface area (Å²) in [5.41, 5.74) is 1.06. The van der Waals surface area contributed by atoms with Gasteiger partial charge in [0.1, 0.15) is 5.82 Å². The van der Waals surface area contributed by atoms with Gasteiger partial charge < -0.3 is 10.3 Å². The number of aromatic amines is 1. The van der Waals surface area contributed by atoms with Crippen LogP contribution in [0.2, 0.25) is 0 Å². The van der Waals surface area contributed by atoms with Crippen molar-refractivity contribution in [2.45, 2.75) is 13.3 Å². The number of hydrogen-bond donors (Lipinski definition) is 2. The molecule has 0 spiro atoms. The van der Waals surface area contributed by atoms with Crippen molar-refractivity contribution < 1.29 is 4.79 Å². The van der Waals surface area contributed by atoms with E-state index >= 15 is 0 Å². The Morgan fingerprint density at radius 3 is 2.89 bits per heavy atom. The van der Waals surface area contributed by atoms with Crippen molar-refractivity contribution in [1.29, 1.82) is 0 Å². The van der Waals surface area contributed by atoms with E-state index in [1.54, 1.807) is 13.0 Å². The maximum absolute atomic E-state index is 11.8. The van der Waals surface area contributed by atoms with Crippen LogP contribution < -0.4 is 11.0 Å². The fourth-order valence-electron chi connectivity index (χ4n) is 1.66. The molecule has 1 aromatic heterocycles. The smallest absolute Gasteiger partial charge is 0.310 e. The summed E-state index contributed by atoms with van der Waals surface area (Å²) in [7, 11) is 0. The van der Waals surface area contributed by atoms with Crippen LogP contribution in [-0.2, 0) is 11.2 Å². The molecule has 0 fully saturated rings. The zero-order valence-corrected chi connectivity index (χ0v) is 11.8. The number of nitrogens with one attached hydrogen (secondary N) is 2. The summed E-state index contributed by atoms with van der Waals surface area (Å²) in [5, 5.41) is 2.61. The van der Waals surface area contributed by atoms with Crippen LogP contribution in [0.15, 0.2) is 39.6 Å². The van der Waals surface area contributed by atoms with Crippen LogP contribution in [0.4, 0.5) is 5.82 Å². The molecular formula is C13H12BrN3O2. The van der Waals surface area contributed by atoms with Crippen molar-refractivity contribution in [3.63, 3.8) is 0 Å². The molecule has 5 nitrogen and oxygen atoms in total. The van der Waals surface area contributed by atoms with Gasteiger partial charge in [0.2, 0.25) is 5.91 Å². The number of nitrogens with zero attached hydrogens (tertiary/aromatic N) is 1. The van der Waals surface area contributed by atoms with Crippen LogP contribution in [0.3, 0.4) is 0 Å². The maximum Gasteiger partial charge on any atom is 0.347 e. The maximum atomic E-state index is 11.8. The average molecular weight is 322 g/mol. The highest BCUT2D eigenvalue weighted by Crippen LogP contribution is 2.12. The Hall–Kier alpha value is -1.95. The number of amides is 1. The van der Waals surface area contributed by atoms with Crippen molar-refractivity contribution >= 4 is 27.7 Å². The standard InChI is InChI=1S/C13H12BrN3O2/c1-8-5-11(17-13(19)15-8)16-12(18)7-9-3-2-4-10(14)6-9/h2-6H,7H2,1H3,(H2,15,16,17,18,19). The van der Waals surface area contributed by atoms with Crippen molar-refractivity contribution in [2.24, 2.45) is 0 Å². The van der Waals surface area contributed by atoms with E-state index in [2.05, 4.69) is 31.2 Å². The third-order valence-corrected chi connectivity index (χ3v) is 2.89. The molecule has 2 aromatic rings. The van der Waals surface area contributed by atoms with Gasteiger partial charge in [-0.05, 0) is 24.6 Å². The van der Waals surface area contributed by atoms with E-state index in [0.29, 0.717) is 5.69 Å². The van der Waals surface area contributed by atoms with Gasteiger partial charge in [-0.2, -0.15) is 4.98 Å². The molecule has 1 amide bonds. The Balaban J connectivity index is 2.07. The van der Waals surface area contributed by atoms with E-state index in [9.17, 15) is 9.59 Å². The first-order valence-electron chi connectivity index (χ1n) is 5.65. The predicted molar refractivity (Wildman–Crippen MR) is 76.1 cm³/mol. The number of rotatable bonds is 3. The van der Waals surface area contributed by atoms with Crippen LogP contribution in [-0.4, -0.2) is 15.9 Å². The predicted octanol–water partition coefficient (Wildman–Crippen LogP) is 2.02. The molecule has 1 heterocycles. The molecule has 0 saturated heterocycles. The molecule has 0 unspecified atom stereocenters. The van der Waals surface area contributed by atoms with Gasteiger partial charge in [0, 0.05) is 16.2 Å².